The van der Waals surface area contributed by atoms with Crippen molar-refractivity contribution in [3.8, 4) is 5.75 Å². The Morgan fingerprint density at radius 3 is 2.52 bits per heavy atom. The molecule has 1 aromatic carbocycles. The van der Waals surface area contributed by atoms with E-state index in [0.717, 1.165) is 11.3 Å². The Hall–Kier alpha value is -2.04. The molecule has 0 fully saturated rings. The number of carbonyl (C=O) groups excluding carboxylic acids is 2. The van der Waals surface area contributed by atoms with E-state index in [2.05, 4.69) is 10.6 Å². The number of methoxy groups -OCH3 is 1. The van der Waals surface area contributed by atoms with Gasteiger partial charge in [-0.2, -0.15) is 0 Å². The lowest BCUT2D eigenvalue weighted by molar-refractivity contribution is -0.129. The van der Waals surface area contributed by atoms with Crippen molar-refractivity contribution in [1.29, 1.82) is 0 Å². The molecule has 2 atom stereocenters. The van der Waals surface area contributed by atoms with E-state index >= 15 is 0 Å². The maximum Gasteiger partial charge on any atom is 0.242 e. The highest BCUT2D eigenvalue weighted by atomic mass is 16.5. The zero-order valence-corrected chi connectivity index (χ0v) is 13.1. The van der Waals surface area contributed by atoms with Gasteiger partial charge in [0.05, 0.1) is 7.11 Å². The quantitative estimate of drug-likeness (QED) is 0.805. The maximum atomic E-state index is 12.1. The van der Waals surface area contributed by atoms with Gasteiger partial charge in [-0.3, -0.25) is 9.59 Å². The standard InChI is InChI=1S/C16H24N2O3/c1-5-13(16(20)17-3)18-15(19)10-11(2)12-8-6-7-9-14(12)21-4/h6-9,11,13H,5,10H2,1-4H3,(H,17,20)(H,18,19)/t11-,13-/m0/s1. The second-order valence-corrected chi connectivity index (χ2v) is 4.99. The van der Waals surface area contributed by atoms with E-state index in [9.17, 15) is 9.59 Å². The van der Waals surface area contributed by atoms with Gasteiger partial charge in [-0.25, -0.2) is 0 Å². The summed E-state index contributed by atoms with van der Waals surface area (Å²) < 4.78 is 5.31. The van der Waals surface area contributed by atoms with Gasteiger partial charge in [-0.05, 0) is 24.0 Å². The molecule has 0 saturated carbocycles. The molecular weight excluding hydrogens is 268 g/mol. The zero-order chi connectivity index (χ0) is 15.8. The highest BCUT2D eigenvalue weighted by molar-refractivity contribution is 5.87. The molecule has 0 spiro atoms. The summed E-state index contributed by atoms with van der Waals surface area (Å²) in [6, 6.07) is 7.17. The molecule has 0 heterocycles. The fraction of sp³-hybridized carbons (Fsp3) is 0.500. The van der Waals surface area contributed by atoms with Crippen LogP contribution in [0.1, 0.15) is 38.2 Å². The van der Waals surface area contributed by atoms with Gasteiger partial charge in [0.25, 0.3) is 0 Å². The average Bonchev–Trinajstić information content (AvgIpc) is 2.51. The Morgan fingerprint density at radius 2 is 1.95 bits per heavy atom. The molecule has 2 amide bonds. The Labute approximate surface area is 126 Å². The van der Waals surface area contributed by atoms with Crippen LogP contribution in [-0.4, -0.2) is 32.0 Å². The Morgan fingerprint density at radius 1 is 1.29 bits per heavy atom. The third-order valence-corrected chi connectivity index (χ3v) is 3.47. The molecule has 0 radical (unpaired) electrons. The van der Waals surface area contributed by atoms with Crippen molar-refractivity contribution in [1.82, 2.24) is 10.6 Å². The Bertz CT molecular complexity index is 488. The van der Waals surface area contributed by atoms with Crippen LogP contribution in [0.25, 0.3) is 0 Å². The Balaban J connectivity index is 2.67. The lowest BCUT2D eigenvalue weighted by atomic mass is 9.96. The molecule has 1 aromatic rings. The first-order valence-electron chi connectivity index (χ1n) is 7.17. The number of nitrogens with one attached hydrogen (secondary N) is 2. The highest BCUT2D eigenvalue weighted by Crippen LogP contribution is 2.28. The maximum absolute atomic E-state index is 12.1. The number of hydrogen-bond acceptors (Lipinski definition) is 3. The molecule has 21 heavy (non-hydrogen) atoms. The first kappa shape index (κ1) is 17.0. The van der Waals surface area contributed by atoms with E-state index < -0.39 is 6.04 Å². The van der Waals surface area contributed by atoms with Gasteiger partial charge < -0.3 is 15.4 Å². The molecule has 0 saturated heterocycles. The molecule has 2 N–H and O–H groups in total. The summed E-state index contributed by atoms with van der Waals surface area (Å²) in [5.41, 5.74) is 0.989. The van der Waals surface area contributed by atoms with E-state index in [-0.39, 0.29) is 17.7 Å². The van der Waals surface area contributed by atoms with Crippen molar-refractivity contribution >= 4 is 11.8 Å². The van der Waals surface area contributed by atoms with Crippen molar-refractivity contribution < 1.29 is 14.3 Å². The second kappa shape index (κ2) is 8.29. The average molecular weight is 292 g/mol. The largest absolute Gasteiger partial charge is 0.496 e. The molecule has 5 nitrogen and oxygen atoms in total. The number of ether oxygens (including phenoxy) is 1. The summed E-state index contributed by atoms with van der Waals surface area (Å²) in [6.45, 7) is 3.84. The minimum absolute atomic E-state index is 0.0170. The summed E-state index contributed by atoms with van der Waals surface area (Å²) >= 11 is 0. The van der Waals surface area contributed by atoms with Gasteiger partial charge in [0.2, 0.25) is 11.8 Å². The molecule has 0 bridgehead atoms. The molecule has 5 heteroatoms. The number of rotatable bonds is 7. The van der Waals surface area contributed by atoms with Crippen LogP contribution in [0.4, 0.5) is 0 Å². The summed E-state index contributed by atoms with van der Waals surface area (Å²) in [6.07, 6.45) is 0.877. The van der Waals surface area contributed by atoms with E-state index in [1.165, 1.54) is 0 Å². The molecule has 0 aromatic heterocycles. The number of hydrogen-bond donors (Lipinski definition) is 2. The zero-order valence-electron chi connectivity index (χ0n) is 13.1. The summed E-state index contributed by atoms with van der Waals surface area (Å²) in [4.78, 5) is 23.7. The van der Waals surface area contributed by atoms with Gasteiger partial charge in [0, 0.05) is 13.5 Å². The predicted octanol–water partition coefficient (Wildman–Crippen LogP) is 1.83. The van der Waals surface area contributed by atoms with Crippen LogP contribution in [0.5, 0.6) is 5.75 Å². The molecular formula is C16H24N2O3. The van der Waals surface area contributed by atoms with Crippen LogP contribution in [-0.2, 0) is 9.59 Å². The van der Waals surface area contributed by atoms with Crippen LogP contribution in [0.15, 0.2) is 24.3 Å². The third-order valence-electron chi connectivity index (χ3n) is 3.47. The predicted molar refractivity (Wildman–Crippen MR) is 82.3 cm³/mol. The smallest absolute Gasteiger partial charge is 0.242 e. The number of likely N-dealkylation sites (N-methyl/N-ethyl adjacent to an activating group) is 1. The van der Waals surface area contributed by atoms with Crippen LogP contribution < -0.4 is 15.4 Å². The fourth-order valence-corrected chi connectivity index (χ4v) is 2.24. The van der Waals surface area contributed by atoms with Crippen LogP contribution in [0, 0.1) is 0 Å². The number of amides is 2. The fourth-order valence-electron chi connectivity index (χ4n) is 2.24. The van der Waals surface area contributed by atoms with E-state index in [1.807, 2.05) is 38.1 Å². The lowest BCUT2D eigenvalue weighted by Crippen LogP contribution is -2.45. The topological polar surface area (TPSA) is 67.4 Å². The first-order valence-corrected chi connectivity index (χ1v) is 7.17. The van der Waals surface area contributed by atoms with Crippen molar-refractivity contribution in [2.24, 2.45) is 0 Å². The minimum Gasteiger partial charge on any atom is -0.496 e. The molecule has 0 aliphatic heterocycles. The monoisotopic (exact) mass is 292 g/mol. The molecule has 0 aliphatic rings. The SMILES string of the molecule is CC[C@H](NC(=O)C[C@H](C)c1ccccc1OC)C(=O)NC. The second-order valence-electron chi connectivity index (χ2n) is 4.99. The Kier molecular flexibility index (Phi) is 6.72. The van der Waals surface area contributed by atoms with Crippen LogP contribution in [0.3, 0.4) is 0 Å². The van der Waals surface area contributed by atoms with Crippen LogP contribution >= 0.6 is 0 Å². The van der Waals surface area contributed by atoms with E-state index in [4.69, 9.17) is 4.74 Å². The van der Waals surface area contributed by atoms with Gasteiger partial charge >= 0.3 is 0 Å². The normalized spacial score (nSPS) is 13.1. The number of para-hydroxylation sites is 1. The van der Waals surface area contributed by atoms with Crippen molar-refractivity contribution in [2.75, 3.05) is 14.2 Å². The number of benzene rings is 1. The third kappa shape index (κ3) is 4.77. The molecule has 116 valence electrons. The molecule has 0 unspecified atom stereocenters. The number of carbonyl (C=O) groups is 2. The summed E-state index contributed by atoms with van der Waals surface area (Å²) in [7, 11) is 3.18. The summed E-state index contributed by atoms with van der Waals surface area (Å²) in [5, 5.41) is 5.31. The molecule has 1 rings (SSSR count). The van der Waals surface area contributed by atoms with E-state index in [1.54, 1.807) is 14.2 Å². The highest BCUT2D eigenvalue weighted by Gasteiger charge is 2.20. The van der Waals surface area contributed by atoms with Gasteiger partial charge in [-0.15, -0.1) is 0 Å². The van der Waals surface area contributed by atoms with Crippen molar-refractivity contribution in [3.63, 3.8) is 0 Å². The van der Waals surface area contributed by atoms with E-state index in [0.29, 0.717) is 12.8 Å². The van der Waals surface area contributed by atoms with Gasteiger partial charge in [-0.1, -0.05) is 32.0 Å². The van der Waals surface area contributed by atoms with Gasteiger partial charge in [0.1, 0.15) is 11.8 Å². The minimum atomic E-state index is -0.479. The van der Waals surface area contributed by atoms with Gasteiger partial charge in [0.15, 0.2) is 0 Å². The van der Waals surface area contributed by atoms with Crippen molar-refractivity contribution in [2.45, 2.75) is 38.6 Å². The first-order chi connectivity index (χ1) is 10.0. The summed E-state index contributed by atoms with van der Waals surface area (Å²) in [5.74, 6) is 0.485. The molecule has 0 aliphatic carbocycles. The lowest BCUT2D eigenvalue weighted by Gasteiger charge is -2.18. The van der Waals surface area contributed by atoms with Crippen molar-refractivity contribution in [3.05, 3.63) is 29.8 Å². The van der Waals surface area contributed by atoms with Crippen LogP contribution in [0.2, 0.25) is 0 Å².